The number of rotatable bonds is 3. The van der Waals surface area contributed by atoms with Gasteiger partial charge in [-0.05, 0) is 29.8 Å². The van der Waals surface area contributed by atoms with Crippen LogP contribution in [0.4, 0.5) is 4.39 Å². The van der Waals surface area contributed by atoms with E-state index in [0.29, 0.717) is 12.2 Å². The molecule has 2 heterocycles. The topological polar surface area (TPSA) is 57.8 Å². The molecule has 4 rings (SSSR count). The molecule has 0 fully saturated rings. The number of benzene rings is 2. The van der Waals surface area contributed by atoms with Gasteiger partial charge in [0.05, 0.1) is 11.7 Å². The summed E-state index contributed by atoms with van der Waals surface area (Å²) in [6.07, 6.45) is 1.67. The van der Waals surface area contributed by atoms with Crippen molar-refractivity contribution in [3.63, 3.8) is 0 Å². The average molecular weight is 319 g/mol. The van der Waals surface area contributed by atoms with Crippen molar-refractivity contribution >= 4 is 27.7 Å². The summed E-state index contributed by atoms with van der Waals surface area (Å²) in [5.74, 6) is -0.553. The van der Waals surface area contributed by atoms with Crippen molar-refractivity contribution < 1.29 is 9.18 Å². The van der Waals surface area contributed by atoms with Crippen LogP contribution in [0.15, 0.2) is 60.8 Å². The van der Waals surface area contributed by atoms with Crippen LogP contribution in [-0.4, -0.2) is 15.9 Å². The lowest BCUT2D eigenvalue weighted by molar-refractivity contribution is 0.0946. The predicted octanol–water partition coefficient (Wildman–Crippen LogP) is 3.79. The van der Waals surface area contributed by atoms with E-state index in [1.54, 1.807) is 24.4 Å². The minimum Gasteiger partial charge on any atom is -0.353 e. The lowest BCUT2D eigenvalue weighted by Crippen LogP contribution is -2.23. The smallest absolute Gasteiger partial charge is 0.270 e. The van der Waals surface area contributed by atoms with Gasteiger partial charge < -0.3 is 10.3 Å². The lowest BCUT2D eigenvalue weighted by atomic mass is 10.1. The molecule has 0 spiro atoms. The zero-order valence-corrected chi connectivity index (χ0v) is 12.7. The monoisotopic (exact) mass is 319 g/mol. The summed E-state index contributed by atoms with van der Waals surface area (Å²) in [7, 11) is 0. The number of nitrogens with one attached hydrogen (secondary N) is 2. The number of amides is 1. The van der Waals surface area contributed by atoms with Crippen molar-refractivity contribution in [1.82, 2.24) is 15.3 Å². The van der Waals surface area contributed by atoms with E-state index in [2.05, 4.69) is 15.3 Å². The maximum Gasteiger partial charge on any atom is 0.270 e. The summed E-state index contributed by atoms with van der Waals surface area (Å²) >= 11 is 0. The van der Waals surface area contributed by atoms with Gasteiger partial charge in [-0.1, -0.05) is 30.3 Å². The fourth-order valence-corrected chi connectivity index (χ4v) is 2.75. The van der Waals surface area contributed by atoms with Crippen molar-refractivity contribution in [2.75, 3.05) is 0 Å². The molecule has 2 aromatic heterocycles. The highest BCUT2D eigenvalue weighted by atomic mass is 19.1. The summed E-state index contributed by atoms with van der Waals surface area (Å²) in [5, 5.41) is 4.83. The lowest BCUT2D eigenvalue weighted by Gasteiger charge is -2.05. The molecule has 0 aliphatic carbocycles. The van der Waals surface area contributed by atoms with Crippen LogP contribution in [0.5, 0.6) is 0 Å². The first-order valence-electron chi connectivity index (χ1n) is 7.60. The van der Waals surface area contributed by atoms with E-state index in [-0.39, 0.29) is 11.7 Å². The van der Waals surface area contributed by atoms with Gasteiger partial charge >= 0.3 is 0 Å². The van der Waals surface area contributed by atoms with Crippen molar-refractivity contribution in [3.8, 4) is 0 Å². The Morgan fingerprint density at radius 2 is 1.83 bits per heavy atom. The maximum atomic E-state index is 12.9. The molecule has 4 aromatic rings. The van der Waals surface area contributed by atoms with E-state index in [4.69, 9.17) is 0 Å². The van der Waals surface area contributed by atoms with Gasteiger partial charge in [-0.2, -0.15) is 0 Å². The molecule has 1 amide bonds. The predicted molar refractivity (Wildman–Crippen MR) is 91.2 cm³/mol. The highest BCUT2D eigenvalue weighted by Gasteiger charge is 2.11. The van der Waals surface area contributed by atoms with Crippen LogP contribution in [0, 0.1) is 5.82 Å². The second-order valence-electron chi connectivity index (χ2n) is 5.59. The third-order valence-electron chi connectivity index (χ3n) is 3.99. The Hall–Kier alpha value is -3.21. The molecule has 0 aliphatic rings. The Morgan fingerprint density at radius 3 is 2.67 bits per heavy atom. The molecule has 24 heavy (non-hydrogen) atoms. The molecule has 0 aliphatic heterocycles. The Bertz CT molecular complexity index is 1040. The third-order valence-corrected chi connectivity index (χ3v) is 3.99. The zero-order valence-electron chi connectivity index (χ0n) is 12.7. The highest BCUT2D eigenvalue weighted by molar-refractivity contribution is 6.09. The molecule has 0 bridgehead atoms. The molecule has 0 saturated heterocycles. The second kappa shape index (κ2) is 5.77. The van der Waals surface area contributed by atoms with Crippen LogP contribution in [0.3, 0.4) is 0 Å². The zero-order chi connectivity index (χ0) is 16.5. The summed E-state index contributed by atoms with van der Waals surface area (Å²) in [5.41, 5.74) is 3.09. The Morgan fingerprint density at radius 1 is 1.04 bits per heavy atom. The first-order chi connectivity index (χ1) is 11.7. The number of H-pyrrole nitrogens is 1. The molecule has 118 valence electrons. The van der Waals surface area contributed by atoms with E-state index < -0.39 is 0 Å². The van der Waals surface area contributed by atoms with E-state index in [1.807, 2.05) is 24.3 Å². The minimum atomic E-state index is -0.295. The van der Waals surface area contributed by atoms with Crippen LogP contribution in [0.2, 0.25) is 0 Å². The molecule has 4 nitrogen and oxygen atoms in total. The third kappa shape index (κ3) is 2.60. The molecule has 0 unspecified atom stereocenters. The van der Waals surface area contributed by atoms with Gasteiger partial charge in [0.2, 0.25) is 0 Å². The molecule has 0 radical (unpaired) electrons. The normalized spacial score (nSPS) is 11.0. The van der Waals surface area contributed by atoms with E-state index in [1.165, 1.54) is 12.1 Å². The summed E-state index contributed by atoms with van der Waals surface area (Å²) in [6, 6.07) is 15.7. The number of fused-ring (bicyclic) bond motifs is 3. The van der Waals surface area contributed by atoms with Crippen molar-refractivity contribution in [2.45, 2.75) is 6.54 Å². The number of aromatic amines is 1. The van der Waals surface area contributed by atoms with Gasteiger partial charge in [0, 0.05) is 22.8 Å². The average Bonchev–Trinajstić information content (AvgIpc) is 2.99. The second-order valence-corrected chi connectivity index (χ2v) is 5.59. The number of aromatic nitrogens is 2. The van der Waals surface area contributed by atoms with Crippen molar-refractivity contribution in [3.05, 3.63) is 77.9 Å². The number of para-hydroxylation sites is 1. The van der Waals surface area contributed by atoms with Crippen LogP contribution >= 0.6 is 0 Å². The van der Waals surface area contributed by atoms with Gasteiger partial charge in [-0.25, -0.2) is 9.37 Å². The Kier molecular flexibility index (Phi) is 3.46. The van der Waals surface area contributed by atoms with Gasteiger partial charge in [0.25, 0.3) is 5.91 Å². The van der Waals surface area contributed by atoms with Crippen LogP contribution < -0.4 is 5.32 Å². The SMILES string of the molecule is O=C(NCc1ccc(F)cc1)c1cc2c(cn1)[nH]c1ccccc12. The molecular weight excluding hydrogens is 305 g/mol. The number of nitrogens with zero attached hydrogens (tertiary/aromatic N) is 1. The summed E-state index contributed by atoms with van der Waals surface area (Å²) in [6.45, 7) is 0.326. The van der Waals surface area contributed by atoms with Gasteiger partial charge in [-0.15, -0.1) is 0 Å². The molecular formula is C19H14FN3O. The number of carbonyl (C=O) groups is 1. The van der Waals surface area contributed by atoms with E-state index >= 15 is 0 Å². The van der Waals surface area contributed by atoms with Crippen molar-refractivity contribution in [1.29, 1.82) is 0 Å². The number of hydrogen-bond donors (Lipinski definition) is 2. The number of carbonyl (C=O) groups excluding carboxylic acids is 1. The first kappa shape index (κ1) is 14.4. The fourth-order valence-electron chi connectivity index (χ4n) is 2.75. The Labute approximate surface area is 137 Å². The number of halogens is 1. The quantitative estimate of drug-likeness (QED) is 0.604. The van der Waals surface area contributed by atoms with Crippen LogP contribution in [-0.2, 0) is 6.54 Å². The molecule has 0 atom stereocenters. The summed E-state index contributed by atoms with van der Waals surface area (Å²) in [4.78, 5) is 19.8. The largest absolute Gasteiger partial charge is 0.353 e. The standard InChI is InChI=1S/C19H14FN3O/c20-13-7-5-12(6-8-13)10-22-19(24)17-9-15-14-3-1-2-4-16(14)23-18(15)11-21-17/h1-9,11,23H,10H2,(H,22,24). The number of hydrogen-bond acceptors (Lipinski definition) is 2. The van der Waals surface area contributed by atoms with Gasteiger partial charge in [0.15, 0.2) is 0 Å². The fraction of sp³-hybridized carbons (Fsp3) is 0.0526. The molecule has 2 aromatic carbocycles. The number of pyridine rings is 1. The molecule has 0 saturated carbocycles. The molecule has 2 N–H and O–H groups in total. The van der Waals surface area contributed by atoms with Gasteiger partial charge in [-0.3, -0.25) is 4.79 Å². The summed E-state index contributed by atoms with van der Waals surface area (Å²) < 4.78 is 12.9. The Balaban J connectivity index is 1.59. The highest BCUT2D eigenvalue weighted by Crippen LogP contribution is 2.24. The van der Waals surface area contributed by atoms with Crippen molar-refractivity contribution in [2.24, 2.45) is 0 Å². The van der Waals surface area contributed by atoms with E-state index in [0.717, 1.165) is 27.4 Å². The maximum absolute atomic E-state index is 12.9. The van der Waals surface area contributed by atoms with Gasteiger partial charge in [0.1, 0.15) is 11.5 Å². The van der Waals surface area contributed by atoms with E-state index in [9.17, 15) is 9.18 Å². The minimum absolute atomic E-state index is 0.258. The first-order valence-corrected chi connectivity index (χ1v) is 7.60. The van der Waals surface area contributed by atoms with Crippen LogP contribution in [0.1, 0.15) is 16.1 Å². The molecule has 5 heteroatoms. The van der Waals surface area contributed by atoms with Crippen LogP contribution in [0.25, 0.3) is 21.8 Å².